The lowest BCUT2D eigenvalue weighted by molar-refractivity contribution is -0.130. The highest BCUT2D eigenvalue weighted by molar-refractivity contribution is 5.79. The molecule has 13 heavy (non-hydrogen) atoms. The molecule has 1 aliphatic heterocycles. The van der Waals surface area contributed by atoms with E-state index in [0.717, 1.165) is 12.8 Å². The fraction of sp³-hybridized carbons (Fsp3) is 0.800. The van der Waals surface area contributed by atoms with Crippen LogP contribution in [-0.4, -0.2) is 29.2 Å². The van der Waals surface area contributed by atoms with E-state index in [1.54, 1.807) is 11.8 Å². The summed E-state index contributed by atoms with van der Waals surface area (Å²) in [7, 11) is 0. The van der Waals surface area contributed by atoms with Gasteiger partial charge in [-0.3, -0.25) is 9.59 Å². The van der Waals surface area contributed by atoms with Gasteiger partial charge in [-0.15, -0.1) is 0 Å². The highest BCUT2D eigenvalue weighted by atomic mass is 16.2. The number of amides is 1. The van der Waals surface area contributed by atoms with E-state index in [2.05, 4.69) is 0 Å². The van der Waals surface area contributed by atoms with E-state index in [1.807, 2.05) is 6.29 Å². The second-order valence-corrected chi connectivity index (χ2v) is 4.05. The molecule has 3 nitrogen and oxygen atoms in total. The highest BCUT2D eigenvalue weighted by Gasteiger charge is 2.44. The Hall–Kier alpha value is -0.860. The number of carbonyl (C=O) groups excluding carboxylic acids is 2. The average Bonchev–Trinajstić information content (AvgIpc) is 2.59. The van der Waals surface area contributed by atoms with Crippen LogP contribution in [0.3, 0.4) is 0 Å². The summed E-state index contributed by atoms with van der Waals surface area (Å²) >= 11 is 0. The third-order valence-corrected chi connectivity index (χ3v) is 3.34. The summed E-state index contributed by atoms with van der Waals surface area (Å²) in [5.74, 6) is 0.595. The van der Waals surface area contributed by atoms with E-state index < -0.39 is 0 Å². The minimum Gasteiger partial charge on any atom is -0.329 e. The van der Waals surface area contributed by atoms with Crippen molar-refractivity contribution in [3.05, 3.63) is 0 Å². The molecule has 1 heterocycles. The summed E-state index contributed by atoms with van der Waals surface area (Å²) in [6, 6.07) is 0.0803. The van der Waals surface area contributed by atoms with Crippen LogP contribution in [0.2, 0.25) is 0 Å². The molecule has 0 aromatic heterocycles. The summed E-state index contributed by atoms with van der Waals surface area (Å²) < 4.78 is 0. The molecular formula is C10H14NO2. The lowest BCUT2D eigenvalue weighted by Crippen LogP contribution is -2.40. The number of likely N-dealkylation sites (tertiary alicyclic amines) is 1. The molecule has 1 saturated heterocycles. The van der Waals surface area contributed by atoms with Crippen LogP contribution in [0.5, 0.6) is 0 Å². The molecule has 71 valence electrons. The number of hydrogen-bond donors (Lipinski definition) is 0. The van der Waals surface area contributed by atoms with Gasteiger partial charge in [-0.1, -0.05) is 6.42 Å². The minimum absolute atomic E-state index is 0.0303. The molecule has 3 heteroatoms. The van der Waals surface area contributed by atoms with Crippen molar-refractivity contribution in [1.29, 1.82) is 0 Å². The van der Waals surface area contributed by atoms with Crippen molar-refractivity contribution in [2.24, 2.45) is 5.92 Å². The standard InChI is InChI=1S/C10H14NO2/c1-7(13)11-9(6-12)5-8-3-2-4-10(8)11/h8-10H,2-5H2,1H3/t8-,9-,10-/m1/s1. The van der Waals surface area contributed by atoms with E-state index in [9.17, 15) is 9.59 Å². The zero-order valence-electron chi connectivity index (χ0n) is 7.82. The van der Waals surface area contributed by atoms with E-state index >= 15 is 0 Å². The molecule has 1 aliphatic carbocycles. The maximum Gasteiger partial charge on any atom is 0.223 e. The van der Waals surface area contributed by atoms with Gasteiger partial charge < -0.3 is 4.90 Å². The van der Waals surface area contributed by atoms with Gasteiger partial charge in [0.25, 0.3) is 0 Å². The second-order valence-electron chi connectivity index (χ2n) is 4.05. The van der Waals surface area contributed by atoms with Gasteiger partial charge in [-0.25, -0.2) is 0 Å². The van der Waals surface area contributed by atoms with Crippen LogP contribution < -0.4 is 0 Å². The number of fused-ring (bicyclic) bond motifs is 1. The maximum atomic E-state index is 11.3. The predicted molar refractivity (Wildman–Crippen MR) is 47.7 cm³/mol. The molecule has 0 aromatic rings. The number of nitrogens with zero attached hydrogens (tertiary/aromatic N) is 1. The quantitative estimate of drug-likeness (QED) is 0.601. The van der Waals surface area contributed by atoms with Crippen molar-refractivity contribution in [3.63, 3.8) is 0 Å². The molecule has 0 N–H and O–H groups in total. The molecule has 2 aliphatic rings. The number of carbonyl (C=O) groups is 1. The molecule has 0 aromatic carbocycles. The molecule has 3 atom stereocenters. The Labute approximate surface area is 78.1 Å². The van der Waals surface area contributed by atoms with Crippen molar-refractivity contribution < 1.29 is 9.59 Å². The van der Waals surface area contributed by atoms with Gasteiger partial charge in [-0.05, 0) is 25.2 Å². The van der Waals surface area contributed by atoms with E-state index in [4.69, 9.17) is 0 Å². The Morgan fingerprint density at radius 3 is 2.85 bits per heavy atom. The maximum absolute atomic E-state index is 11.3. The predicted octanol–water partition coefficient (Wildman–Crippen LogP) is 0.886. The highest BCUT2D eigenvalue weighted by Crippen LogP contribution is 2.40. The van der Waals surface area contributed by atoms with E-state index in [-0.39, 0.29) is 11.9 Å². The fourth-order valence-corrected chi connectivity index (χ4v) is 2.85. The number of rotatable bonds is 1. The average molecular weight is 180 g/mol. The number of hydrogen-bond acceptors (Lipinski definition) is 2. The monoisotopic (exact) mass is 180 g/mol. The Bertz CT molecular complexity index is 239. The lowest BCUT2D eigenvalue weighted by Gasteiger charge is -2.24. The third-order valence-electron chi connectivity index (χ3n) is 3.34. The fourth-order valence-electron chi connectivity index (χ4n) is 2.85. The zero-order valence-corrected chi connectivity index (χ0v) is 7.82. The van der Waals surface area contributed by atoms with Crippen LogP contribution in [0.25, 0.3) is 0 Å². The Kier molecular flexibility index (Phi) is 2.10. The van der Waals surface area contributed by atoms with Gasteiger partial charge in [0.05, 0.1) is 6.04 Å². The van der Waals surface area contributed by atoms with Gasteiger partial charge in [-0.2, -0.15) is 0 Å². The van der Waals surface area contributed by atoms with Crippen LogP contribution in [-0.2, 0) is 9.59 Å². The first-order valence-corrected chi connectivity index (χ1v) is 4.90. The van der Waals surface area contributed by atoms with Crippen LogP contribution in [0.15, 0.2) is 0 Å². The van der Waals surface area contributed by atoms with Crippen molar-refractivity contribution in [1.82, 2.24) is 4.90 Å². The summed E-state index contributed by atoms with van der Waals surface area (Å²) in [6.45, 7) is 1.55. The summed E-state index contributed by atoms with van der Waals surface area (Å²) in [6.07, 6.45) is 6.26. The third kappa shape index (κ3) is 1.26. The molecular weight excluding hydrogens is 166 g/mol. The summed E-state index contributed by atoms with van der Waals surface area (Å²) in [5, 5.41) is 0. The molecule has 1 amide bonds. The van der Waals surface area contributed by atoms with Crippen LogP contribution in [0, 0.1) is 5.92 Å². The normalized spacial score (nSPS) is 37.6. The topological polar surface area (TPSA) is 37.4 Å². The first-order valence-electron chi connectivity index (χ1n) is 4.90. The van der Waals surface area contributed by atoms with Crippen molar-refractivity contribution >= 4 is 12.2 Å². The van der Waals surface area contributed by atoms with Gasteiger partial charge in [0.1, 0.15) is 0 Å². The molecule has 2 rings (SSSR count). The molecule has 2 fully saturated rings. The van der Waals surface area contributed by atoms with Crippen LogP contribution >= 0.6 is 0 Å². The van der Waals surface area contributed by atoms with Crippen LogP contribution in [0.4, 0.5) is 0 Å². The molecule has 0 bridgehead atoms. The van der Waals surface area contributed by atoms with E-state index in [0.29, 0.717) is 12.0 Å². The van der Waals surface area contributed by atoms with Gasteiger partial charge in [0.2, 0.25) is 12.2 Å². The summed E-state index contributed by atoms with van der Waals surface area (Å²) in [5.41, 5.74) is 0. The van der Waals surface area contributed by atoms with Crippen LogP contribution in [0.1, 0.15) is 32.6 Å². The lowest BCUT2D eigenvalue weighted by atomic mass is 10.0. The first kappa shape index (κ1) is 8.73. The van der Waals surface area contributed by atoms with Gasteiger partial charge >= 0.3 is 0 Å². The van der Waals surface area contributed by atoms with Gasteiger partial charge in [0, 0.05) is 13.0 Å². The summed E-state index contributed by atoms with van der Waals surface area (Å²) in [4.78, 5) is 23.7. The van der Waals surface area contributed by atoms with Crippen molar-refractivity contribution in [3.8, 4) is 0 Å². The largest absolute Gasteiger partial charge is 0.329 e. The smallest absolute Gasteiger partial charge is 0.223 e. The van der Waals surface area contributed by atoms with E-state index in [1.165, 1.54) is 12.8 Å². The Balaban J connectivity index is 2.19. The SMILES string of the molecule is CC(=O)N1[C@@H]2CCC[C@@H]2C[C@@H]1[C]=O. The van der Waals surface area contributed by atoms with Crippen molar-refractivity contribution in [2.45, 2.75) is 44.7 Å². The van der Waals surface area contributed by atoms with Crippen molar-refractivity contribution in [2.75, 3.05) is 0 Å². The molecule has 0 unspecified atom stereocenters. The molecule has 0 spiro atoms. The Morgan fingerprint density at radius 2 is 2.23 bits per heavy atom. The Morgan fingerprint density at radius 1 is 1.46 bits per heavy atom. The minimum atomic E-state index is -0.257. The zero-order chi connectivity index (χ0) is 9.42. The van der Waals surface area contributed by atoms with Gasteiger partial charge in [0.15, 0.2) is 0 Å². The molecule has 1 radical (unpaired) electrons. The second kappa shape index (κ2) is 3.13. The molecule has 1 saturated carbocycles. The first-order chi connectivity index (χ1) is 6.24.